The van der Waals surface area contributed by atoms with Crippen LogP contribution in [-0.4, -0.2) is 76.4 Å². The molecule has 2 N–H and O–H groups in total. The van der Waals surface area contributed by atoms with Crippen molar-refractivity contribution in [3.05, 3.63) is 76.0 Å². The van der Waals surface area contributed by atoms with Gasteiger partial charge in [-0.25, -0.2) is 4.98 Å². The monoisotopic (exact) mass is 709 g/mol. The van der Waals surface area contributed by atoms with E-state index in [1.807, 2.05) is 51.1 Å². The van der Waals surface area contributed by atoms with E-state index in [0.717, 1.165) is 5.56 Å². The number of hydrogen-bond donors (Lipinski definition) is 2. The van der Waals surface area contributed by atoms with E-state index in [1.54, 1.807) is 54.2 Å². The zero-order valence-electron chi connectivity index (χ0n) is 30.3. The van der Waals surface area contributed by atoms with Gasteiger partial charge in [0.05, 0.1) is 13.0 Å². The Balaban J connectivity index is 1.80. The third-order valence-electron chi connectivity index (χ3n) is 8.67. The number of methoxy groups -OCH3 is 1. The third kappa shape index (κ3) is 11.3. The Morgan fingerprint density at radius 3 is 2.26 bits per heavy atom. The highest BCUT2D eigenvalue weighted by Gasteiger charge is 2.34. The molecular formula is C37H51N5O7S. The number of ether oxygens (including phenoxy) is 2. The fourth-order valence-corrected chi connectivity index (χ4v) is 6.84. The molecule has 0 fully saturated rings. The van der Waals surface area contributed by atoms with Crippen LogP contribution >= 0.6 is 11.3 Å². The van der Waals surface area contributed by atoms with E-state index in [9.17, 15) is 24.0 Å². The minimum absolute atomic E-state index is 0.0499. The number of nitrogens with one attached hydrogen (secondary N) is 2. The van der Waals surface area contributed by atoms with Gasteiger partial charge < -0.3 is 29.6 Å². The molecule has 0 aliphatic heterocycles. The molecule has 50 heavy (non-hydrogen) atoms. The Morgan fingerprint density at radius 2 is 1.68 bits per heavy atom. The molecule has 3 rings (SSSR count). The van der Waals surface area contributed by atoms with Crippen LogP contribution < -0.4 is 10.6 Å². The van der Waals surface area contributed by atoms with Gasteiger partial charge in [-0.3, -0.25) is 24.0 Å². The largest absolute Gasteiger partial charge is 0.469 e. The van der Waals surface area contributed by atoms with E-state index in [-0.39, 0.29) is 41.9 Å². The fraction of sp³-hybridized carbons (Fsp3) is 0.514. The molecule has 2 heterocycles. The Bertz CT molecular complexity index is 1590. The molecule has 12 nitrogen and oxygen atoms in total. The fourth-order valence-electron chi connectivity index (χ4n) is 6.00. The standard InChI is InChI=1S/C37H51N5O7S/c1-9-14-28(39-34(45)30-17-13-18-41(30)6)36(46)42(7)31(23(2)3)21-32(49-25(5)43)35-40-29(22-50-35)33(44)38-27(19-24(4)37(47)48-8)20-26-15-11-10-12-16-26/h10-13,15-18,22-24,27-28,31-32H,9,14,19-21H2,1-8H3,(H,38,44)(H,39,45)/t24-,27+,28-,31+,32+/m0/s1. The first-order valence-corrected chi connectivity index (χ1v) is 17.9. The molecule has 5 atom stereocenters. The summed E-state index contributed by atoms with van der Waals surface area (Å²) in [7, 11) is 4.80. The zero-order chi connectivity index (χ0) is 37.0. The first kappa shape index (κ1) is 39.9. The van der Waals surface area contributed by atoms with Gasteiger partial charge >= 0.3 is 11.9 Å². The van der Waals surface area contributed by atoms with Gasteiger partial charge in [-0.1, -0.05) is 64.4 Å². The summed E-state index contributed by atoms with van der Waals surface area (Å²) in [6.45, 7) is 8.96. The second-order valence-corrected chi connectivity index (χ2v) is 13.9. The number of aryl methyl sites for hydroxylation is 1. The van der Waals surface area contributed by atoms with Crippen molar-refractivity contribution in [1.82, 2.24) is 25.1 Å². The number of carbonyl (C=O) groups is 5. The number of benzene rings is 1. The molecule has 13 heteroatoms. The molecule has 2 aromatic heterocycles. The Labute approximate surface area is 298 Å². The molecule has 0 radical (unpaired) electrons. The van der Waals surface area contributed by atoms with Gasteiger partial charge in [0.2, 0.25) is 5.91 Å². The molecule has 3 amide bonds. The minimum atomic E-state index is -0.830. The summed E-state index contributed by atoms with van der Waals surface area (Å²) >= 11 is 1.19. The zero-order valence-corrected chi connectivity index (χ0v) is 31.1. The molecule has 0 unspecified atom stereocenters. The molecule has 1 aromatic carbocycles. The molecule has 0 aliphatic rings. The number of hydrogen-bond acceptors (Lipinski definition) is 9. The van der Waals surface area contributed by atoms with Crippen LogP contribution in [0.1, 0.15) is 98.0 Å². The van der Waals surface area contributed by atoms with Crippen LogP contribution in [0.5, 0.6) is 0 Å². The topological polar surface area (TPSA) is 149 Å². The van der Waals surface area contributed by atoms with Crippen molar-refractivity contribution >= 4 is 41.0 Å². The van der Waals surface area contributed by atoms with Gasteiger partial charge in [-0.2, -0.15) is 0 Å². The van der Waals surface area contributed by atoms with E-state index in [1.165, 1.54) is 25.4 Å². The summed E-state index contributed by atoms with van der Waals surface area (Å²) in [4.78, 5) is 71.1. The van der Waals surface area contributed by atoms with Crippen LogP contribution in [0.2, 0.25) is 0 Å². The number of amides is 3. The van der Waals surface area contributed by atoms with E-state index in [4.69, 9.17) is 9.47 Å². The summed E-state index contributed by atoms with van der Waals surface area (Å²) in [5, 5.41) is 7.96. The quantitative estimate of drug-likeness (QED) is 0.174. The molecular weight excluding hydrogens is 659 g/mol. The lowest BCUT2D eigenvalue weighted by atomic mass is 9.95. The molecule has 0 saturated heterocycles. The van der Waals surface area contributed by atoms with Crippen molar-refractivity contribution in [2.75, 3.05) is 14.2 Å². The van der Waals surface area contributed by atoms with Crippen molar-refractivity contribution in [3.8, 4) is 0 Å². The van der Waals surface area contributed by atoms with Crippen molar-refractivity contribution in [2.24, 2.45) is 18.9 Å². The Hall–Kier alpha value is -4.52. The highest BCUT2D eigenvalue weighted by Crippen LogP contribution is 2.31. The van der Waals surface area contributed by atoms with Crippen LogP contribution in [-0.2, 0) is 37.3 Å². The number of carbonyl (C=O) groups excluding carboxylic acids is 5. The molecule has 272 valence electrons. The highest BCUT2D eigenvalue weighted by molar-refractivity contribution is 7.09. The minimum Gasteiger partial charge on any atom is -0.469 e. The maximum atomic E-state index is 13.9. The summed E-state index contributed by atoms with van der Waals surface area (Å²) in [6.07, 6.45) is 3.16. The lowest BCUT2D eigenvalue weighted by molar-refractivity contribution is -0.149. The van der Waals surface area contributed by atoms with E-state index in [0.29, 0.717) is 36.4 Å². The van der Waals surface area contributed by atoms with Crippen molar-refractivity contribution in [2.45, 2.75) is 91.0 Å². The van der Waals surface area contributed by atoms with Gasteiger partial charge in [-0.05, 0) is 42.9 Å². The number of aromatic nitrogens is 2. The normalized spacial score (nSPS) is 14.2. The maximum absolute atomic E-state index is 13.9. The van der Waals surface area contributed by atoms with Crippen LogP contribution in [0.25, 0.3) is 0 Å². The average Bonchev–Trinajstić information content (AvgIpc) is 3.75. The van der Waals surface area contributed by atoms with Crippen LogP contribution in [0.15, 0.2) is 54.0 Å². The molecule has 0 spiro atoms. The predicted molar refractivity (Wildman–Crippen MR) is 191 cm³/mol. The van der Waals surface area contributed by atoms with Crippen molar-refractivity contribution < 1.29 is 33.4 Å². The Kier molecular flexibility index (Phi) is 15.2. The van der Waals surface area contributed by atoms with Gasteiger partial charge in [0.15, 0.2) is 6.10 Å². The number of likely N-dealkylation sites (N-methyl/N-ethyl adjacent to an activating group) is 1. The van der Waals surface area contributed by atoms with Crippen molar-refractivity contribution in [1.29, 1.82) is 0 Å². The van der Waals surface area contributed by atoms with Gasteiger partial charge in [-0.15, -0.1) is 11.3 Å². The first-order chi connectivity index (χ1) is 23.7. The lowest BCUT2D eigenvalue weighted by Crippen LogP contribution is -2.52. The molecule has 3 aromatic rings. The average molecular weight is 710 g/mol. The van der Waals surface area contributed by atoms with Crippen molar-refractivity contribution in [3.63, 3.8) is 0 Å². The van der Waals surface area contributed by atoms with E-state index >= 15 is 0 Å². The maximum Gasteiger partial charge on any atom is 0.308 e. The SMILES string of the molecule is CCC[C@H](NC(=O)c1cccn1C)C(=O)N(C)[C@H](C[C@@H](OC(C)=O)c1nc(C(=O)N[C@@H](Cc2ccccc2)C[C@H](C)C(=O)OC)cs1)C(C)C. The smallest absolute Gasteiger partial charge is 0.308 e. The summed E-state index contributed by atoms with van der Waals surface area (Å²) in [5.74, 6) is -2.38. The van der Waals surface area contributed by atoms with Crippen LogP contribution in [0, 0.1) is 11.8 Å². The van der Waals surface area contributed by atoms with Crippen LogP contribution in [0.4, 0.5) is 0 Å². The second kappa shape index (κ2) is 19.0. The number of nitrogens with zero attached hydrogens (tertiary/aromatic N) is 3. The first-order valence-electron chi connectivity index (χ1n) is 17.0. The summed E-state index contributed by atoms with van der Waals surface area (Å²) in [5.41, 5.74) is 1.61. The lowest BCUT2D eigenvalue weighted by Gasteiger charge is -2.35. The number of esters is 2. The summed E-state index contributed by atoms with van der Waals surface area (Å²) < 4.78 is 12.3. The summed E-state index contributed by atoms with van der Waals surface area (Å²) in [6, 6.07) is 11.6. The second-order valence-electron chi connectivity index (χ2n) is 13.0. The predicted octanol–water partition coefficient (Wildman–Crippen LogP) is 5.10. The number of rotatable bonds is 18. The molecule has 0 bridgehead atoms. The molecule has 0 saturated carbocycles. The van der Waals surface area contributed by atoms with Gasteiger partial charge in [0.25, 0.3) is 11.8 Å². The van der Waals surface area contributed by atoms with Gasteiger partial charge in [0.1, 0.15) is 22.4 Å². The van der Waals surface area contributed by atoms with Gasteiger partial charge in [0, 0.05) is 51.1 Å². The highest BCUT2D eigenvalue weighted by atomic mass is 32.1. The van der Waals surface area contributed by atoms with Crippen LogP contribution in [0.3, 0.4) is 0 Å². The van der Waals surface area contributed by atoms with E-state index in [2.05, 4.69) is 15.6 Å². The van der Waals surface area contributed by atoms with E-state index < -0.39 is 36.0 Å². The number of thiazole rings is 1. The third-order valence-corrected chi connectivity index (χ3v) is 9.60. The Morgan fingerprint density at radius 1 is 0.980 bits per heavy atom. The molecule has 0 aliphatic carbocycles.